The van der Waals surface area contributed by atoms with E-state index in [1.165, 1.54) is 0 Å². The fourth-order valence-corrected chi connectivity index (χ4v) is 2.66. The number of amides is 2. The van der Waals surface area contributed by atoms with Crippen LogP contribution in [0.3, 0.4) is 0 Å². The van der Waals surface area contributed by atoms with Crippen molar-refractivity contribution in [2.45, 2.75) is 13.8 Å². The maximum Gasteiger partial charge on any atom is 0.255 e. The van der Waals surface area contributed by atoms with Gasteiger partial charge in [0.2, 0.25) is 0 Å². The summed E-state index contributed by atoms with van der Waals surface area (Å²) in [4.78, 5) is 25.1. The maximum atomic E-state index is 12.6. The van der Waals surface area contributed by atoms with Crippen LogP contribution in [0.1, 0.15) is 34.6 Å². The molecule has 0 aliphatic heterocycles. The molecule has 3 rings (SSSR count). The molecule has 0 unspecified atom stereocenters. The van der Waals surface area contributed by atoms with E-state index >= 15 is 0 Å². The molecule has 0 radical (unpaired) electrons. The number of carbonyl (C=O) groups is 2. The highest BCUT2D eigenvalue weighted by atomic mass is 16.5. The number of carbonyl (C=O) groups excluding carboxylic acids is 2. The average Bonchev–Trinajstić information content (AvgIpc) is 2.73. The Hall–Kier alpha value is -3.60. The number of hydrogen-bond donors (Lipinski definition) is 2. The number of nitrogens with one attached hydrogen (secondary N) is 2. The van der Waals surface area contributed by atoms with Crippen molar-refractivity contribution in [3.63, 3.8) is 0 Å². The predicted octanol–water partition coefficient (Wildman–Crippen LogP) is 5.23. The number of hydrogen-bond acceptors (Lipinski definition) is 3. The molecular weight excluding hydrogens is 364 g/mol. The van der Waals surface area contributed by atoms with Crippen molar-refractivity contribution in [2.75, 3.05) is 17.2 Å². The van der Waals surface area contributed by atoms with Crippen LogP contribution in [0.25, 0.3) is 0 Å². The first kappa shape index (κ1) is 20.1. The molecular formula is C24H24N2O3. The van der Waals surface area contributed by atoms with Crippen LogP contribution in [0, 0.1) is 5.92 Å². The van der Waals surface area contributed by atoms with Gasteiger partial charge in [-0.05, 0) is 54.4 Å². The van der Waals surface area contributed by atoms with Gasteiger partial charge in [0, 0.05) is 22.5 Å². The van der Waals surface area contributed by atoms with Crippen LogP contribution < -0.4 is 15.4 Å². The number of benzene rings is 3. The van der Waals surface area contributed by atoms with Crippen molar-refractivity contribution in [2.24, 2.45) is 5.92 Å². The molecule has 2 N–H and O–H groups in total. The fourth-order valence-electron chi connectivity index (χ4n) is 2.66. The molecule has 5 heteroatoms. The molecule has 3 aromatic rings. The van der Waals surface area contributed by atoms with Crippen LogP contribution in [-0.2, 0) is 0 Å². The van der Waals surface area contributed by atoms with E-state index in [1.807, 2.05) is 36.4 Å². The minimum atomic E-state index is -0.263. The van der Waals surface area contributed by atoms with E-state index in [1.54, 1.807) is 42.5 Å². The van der Waals surface area contributed by atoms with Crippen molar-refractivity contribution < 1.29 is 14.3 Å². The summed E-state index contributed by atoms with van der Waals surface area (Å²) in [6.07, 6.45) is 0. The lowest BCUT2D eigenvalue weighted by atomic mass is 10.1. The van der Waals surface area contributed by atoms with E-state index in [-0.39, 0.29) is 11.8 Å². The Morgan fingerprint density at radius 3 is 2.03 bits per heavy atom. The summed E-state index contributed by atoms with van der Waals surface area (Å²) in [6.45, 7) is 4.72. The van der Waals surface area contributed by atoms with Crippen LogP contribution in [0.5, 0.6) is 5.75 Å². The molecule has 0 aliphatic carbocycles. The Morgan fingerprint density at radius 2 is 1.34 bits per heavy atom. The number of anilines is 2. The Bertz CT molecular complexity index is 984. The minimum Gasteiger partial charge on any atom is -0.493 e. The van der Waals surface area contributed by atoms with Crippen LogP contribution in [0.4, 0.5) is 11.4 Å². The largest absolute Gasteiger partial charge is 0.493 e. The average molecular weight is 388 g/mol. The third kappa shape index (κ3) is 5.94. The molecule has 0 aliphatic rings. The topological polar surface area (TPSA) is 67.4 Å². The highest BCUT2D eigenvalue weighted by Gasteiger charge is 2.11. The lowest BCUT2D eigenvalue weighted by Crippen LogP contribution is -2.15. The summed E-state index contributed by atoms with van der Waals surface area (Å²) in [5.41, 5.74) is 2.21. The van der Waals surface area contributed by atoms with Gasteiger partial charge < -0.3 is 15.4 Å². The standard InChI is InChI=1S/C24H24N2O3/c1-17(2)16-29-22-13-7-9-19(15-22)24(28)26-21-12-6-8-18(14-21)23(27)25-20-10-4-3-5-11-20/h3-15,17H,16H2,1-2H3,(H,25,27)(H,26,28). The van der Waals surface area contributed by atoms with Crippen molar-refractivity contribution in [3.8, 4) is 5.75 Å². The van der Waals surface area contributed by atoms with Crippen molar-refractivity contribution >= 4 is 23.2 Å². The highest BCUT2D eigenvalue weighted by Crippen LogP contribution is 2.18. The van der Waals surface area contributed by atoms with Gasteiger partial charge in [-0.2, -0.15) is 0 Å². The second-order valence-corrected chi connectivity index (χ2v) is 7.09. The molecule has 148 valence electrons. The summed E-state index contributed by atoms with van der Waals surface area (Å²) in [5, 5.41) is 5.67. The lowest BCUT2D eigenvalue weighted by Gasteiger charge is -2.11. The van der Waals surface area contributed by atoms with Crippen molar-refractivity contribution in [1.29, 1.82) is 0 Å². The number of para-hydroxylation sites is 1. The zero-order chi connectivity index (χ0) is 20.6. The Labute approximate surface area is 170 Å². The van der Waals surface area contributed by atoms with Crippen LogP contribution in [-0.4, -0.2) is 18.4 Å². The molecule has 0 bridgehead atoms. The smallest absolute Gasteiger partial charge is 0.255 e. The van der Waals surface area contributed by atoms with Gasteiger partial charge in [-0.3, -0.25) is 9.59 Å². The third-order valence-corrected chi connectivity index (χ3v) is 4.09. The zero-order valence-corrected chi connectivity index (χ0v) is 16.5. The van der Waals surface area contributed by atoms with E-state index in [2.05, 4.69) is 24.5 Å². The van der Waals surface area contributed by atoms with E-state index in [0.29, 0.717) is 40.8 Å². The predicted molar refractivity (Wildman–Crippen MR) is 116 cm³/mol. The Balaban J connectivity index is 1.67. The monoisotopic (exact) mass is 388 g/mol. The van der Waals surface area contributed by atoms with Gasteiger partial charge in [-0.15, -0.1) is 0 Å². The van der Waals surface area contributed by atoms with Crippen LogP contribution in [0.2, 0.25) is 0 Å². The molecule has 3 aromatic carbocycles. The summed E-state index contributed by atoms with van der Waals surface area (Å²) in [5.74, 6) is 0.552. The van der Waals surface area contributed by atoms with Gasteiger partial charge in [-0.1, -0.05) is 44.2 Å². The first-order valence-electron chi connectivity index (χ1n) is 9.52. The van der Waals surface area contributed by atoms with Crippen molar-refractivity contribution in [3.05, 3.63) is 90.0 Å². The molecule has 0 spiro atoms. The van der Waals surface area contributed by atoms with E-state index < -0.39 is 0 Å². The van der Waals surface area contributed by atoms with E-state index in [0.717, 1.165) is 0 Å². The van der Waals surface area contributed by atoms with Gasteiger partial charge in [0.15, 0.2) is 0 Å². The normalized spacial score (nSPS) is 10.4. The van der Waals surface area contributed by atoms with Crippen molar-refractivity contribution in [1.82, 2.24) is 0 Å². The quantitative estimate of drug-likeness (QED) is 0.583. The van der Waals surface area contributed by atoms with Gasteiger partial charge >= 0.3 is 0 Å². The maximum absolute atomic E-state index is 12.6. The Kier molecular flexibility index (Phi) is 6.63. The molecule has 0 atom stereocenters. The summed E-state index contributed by atoms with van der Waals surface area (Å²) in [6, 6.07) is 23.1. The van der Waals surface area contributed by atoms with E-state index in [9.17, 15) is 9.59 Å². The molecule has 0 fully saturated rings. The molecule has 0 heterocycles. The summed E-state index contributed by atoms with van der Waals surface area (Å²) >= 11 is 0. The highest BCUT2D eigenvalue weighted by molar-refractivity contribution is 6.07. The van der Waals surface area contributed by atoms with Crippen LogP contribution in [0.15, 0.2) is 78.9 Å². The van der Waals surface area contributed by atoms with Gasteiger partial charge in [0.1, 0.15) is 5.75 Å². The van der Waals surface area contributed by atoms with Gasteiger partial charge in [-0.25, -0.2) is 0 Å². The molecule has 5 nitrogen and oxygen atoms in total. The van der Waals surface area contributed by atoms with Gasteiger partial charge in [0.05, 0.1) is 6.61 Å². The minimum absolute atomic E-state index is 0.239. The second-order valence-electron chi connectivity index (χ2n) is 7.09. The third-order valence-electron chi connectivity index (χ3n) is 4.09. The molecule has 0 aromatic heterocycles. The zero-order valence-electron chi connectivity index (χ0n) is 16.5. The van der Waals surface area contributed by atoms with Gasteiger partial charge in [0.25, 0.3) is 11.8 Å². The first-order valence-corrected chi connectivity index (χ1v) is 9.52. The number of rotatable bonds is 7. The molecule has 0 saturated heterocycles. The first-order chi connectivity index (χ1) is 14.0. The summed E-state index contributed by atoms with van der Waals surface area (Å²) in [7, 11) is 0. The number of ether oxygens (including phenoxy) is 1. The molecule has 29 heavy (non-hydrogen) atoms. The van der Waals surface area contributed by atoms with Crippen LogP contribution >= 0.6 is 0 Å². The molecule has 2 amide bonds. The Morgan fingerprint density at radius 1 is 0.759 bits per heavy atom. The summed E-state index contributed by atoms with van der Waals surface area (Å²) < 4.78 is 5.68. The van der Waals surface area contributed by atoms with E-state index in [4.69, 9.17) is 4.74 Å². The SMILES string of the molecule is CC(C)COc1cccc(C(=O)Nc2cccc(C(=O)Nc3ccccc3)c2)c1. The molecule has 0 saturated carbocycles. The lowest BCUT2D eigenvalue weighted by molar-refractivity contribution is 0.101. The fraction of sp³-hybridized carbons (Fsp3) is 0.167. The second kappa shape index (κ2) is 9.55.